The Morgan fingerprint density at radius 1 is 1.09 bits per heavy atom. The number of thiocarbonyl (C=S) groups is 1. The molecular weight excluding hydrogens is 510 g/mol. The van der Waals surface area contributed by atoms with E-state index in [-0.39, 0.29) is 11.9 Å². The standard InChI is InChI=1S/C24H24BrNO4S2/c1-29-22(27)5-3-2-4-14-26-23(28)21(32-24(26)31)15-17-8-12-20(13-9-17)30-16-18-6-10-19(25)11-7-18/h6-13,15H,2-5,14,16H2,1H3/b21-15+. The molecule has 32 heavy (non-hydrogen) atoms. The monoisotopic (exact) mass is 533 g/mol. The highest BCUT2D eigenvalue weighted by Crippen LogP contribution is 2.33. The number of thioether (sulfide) groups is 1. The van der Waals surface area contributed by atoms with Gasteiger partial charge in [0.25, 0.3) is 5.91 Å². The van der Waals surface area contributed by atoms with Crippen molar-refractivity contribution in [2.75, 3.05) is 13.7 Å². The Hall–Kier alpha value is -2.16. The van der Waals surface area contributed by atoms with Crippen LogP contribution in [0.15, 0.2) is 57.9 Å². The number of ether oxygens (including phenoxy) is 2. The van der Waals surface area contributed by atoms with Gasteiger partial charge >= 0.3 is 5.97 Å². The predicted octanol–water partition coefficient (Wildman–Crippen LogP) is 5.96. The van der Waals surface area contributed by atoms with Gasteiger partial charge in [-0.15, -0.1) is 0 Å². The number of carbonyl (C=O) groups excluding carboxylic acids is 2. The van der Waals surface area contributed by atoms with Gasteiger partial charge in [0.1, 0.15) is 16.7 Å². The Bertz CT molecular complexity index is 990. The number of methoxy groups -OCH3 is 1. The van der Waals surface area contributed by atoms with Gasteiger partial charge in [-0.2, -0.15) is 0 Å². The first-order chi connectivity index (χ1) is 15.5. The average Bonchev–Trinajstić information content (AvgIpc) is 3.06. The van der Waals surface area contributed by atoms with Crippen LogP contribution >= 0.6 is 39.9 Å². The van der Waals surface area contributed by atoms with E-state index in [0.717, 1.165) is 40.6 Å². The van der Waals surface area contributed by atoms with E-state index >= 15 is 0 Å². The van der Waals surface area contributed by atoms with Crippen molar-refractivity contribution < 1.29 is 19.1 Å². The molecule has 0 atom stereocenters. The van der Waals surface area contributed by atoms with Crippen LogP contribution in [0.25, 0.3) is 6.08 Å². The van der Waals surface area contributed by atoms with Crippen molar-refractivity contribution in [3.8, 4) is 5.75 Å². The molecule has 0 N–H and O–H groups in total. The van der Waals surface area contributed by atoms with Crippen LogP contribution < -0.4 is 4.74 Å². The van der Waals surface area contributed by atoms with Gasteiger partial charge in [0.05, 0.1) is 12.0 Å². The third-order valence-electron chi connectivity index (χ3n) is 4.86. The zero-order valence-corrected chi connectivity index (χ0v) is 20.9. The summed E-state index contributed by atoms with van der Waals surface area (Å²) in [5, 5.41) is 0. The summed E-state index contributed by atoms with van der Waals surface area (Å²) in [5.74, 6) is 0.497. The number of hydrogen-bond donors (Lipinski definition) is 0. The van der Waals surface area contributed by atoms with Gasteiger partial charge in [-0.3, -0.25) is 14.5 Å². The number of carbonyl (C=O) groups is 2. The molecule has 0 saturated carbocycles. The molecule has 0 bridgehead atoms. The molecule has 1 fully saturated rings. The Morgan fingerprint density at radius 2 is 1.81 bits per heavy atom. The molecule has 1 heterocycles. The van der Waals surface area contributed by atoms with Gasteiger partial charge < -0.3 is 9.47 Å². The van der Waals surface area contributed by atoms with Crippen molar-refractivity contribution in [2.24, 2.45) is 0 Å². The lowest BCUT2D eigenvalue weighted by Crippen LogP contribution is -2.29. The minimum Gasteiger partial charge on any atom is -0.489 e. The van der Waals surface area contributed by atoms with E-state index in [1.54, 1.807) is 4.90 Å². The number of rotatable bonds is 10. The fourth-order valence-electron chi connectivity index (χ4n) is 3.07. The molecule has 1 amide bonds. The predicted molar refractivity (Wildman–Crippen MR) is 135 cm³/mol. The molecule has 168 valence electrons. The van der Waals surface area contributed by atoms with E-state index in [9.17, 15) is 9.59 Å². The number of unbranched alkanes of at least 4 members (excludes halogenated alkanes) is 2. The summed E-state index contributed by atoms with van der Waals surface area (Å²) in [7, 11) is 1.39. The van der Waals surface area contributed by atoms with E-state index in [4.69, 9.17) is 17.0 Å². The zero-order valence-electron chi connectivity index (χ0n) is 17.7. The van der Waals surface area contributed by atoms with Gasteiger partial charge in [0.2, 0.25) is 0 Å². The molecule has 1 aliphatic heterocycles. The molecule has 0 radical (unpaired) electrons. The van der Waals surface area contributed by atoms with Gasteiger partial charge in [-0.25, -0.2) is 0 Å². The van der Waals surface area contributed by atoms with Crippen molar-refractivity contribution in [2.45, 2.75) is 32.3 Å². The first-order valence-electron chi connectivity index (χ1n) is 10.3. The highest BCUT2D eigenvalue weighted by Gasteiger charge is 2.31. The molecule has 0 aliphatic carbocycles. The summed E-state index contributed by atoms with van der Waals surface area (Å²) in [6.45, 7) is 1.05. The lowest BCUT2D eigenvalue weighted by Gasteiger charge is -2.13. The van der Waals surface area contributed by atoms with Crippen molar-refractivity contribution >= 4 is 62.2 Å². The van der Waals surface area contributed by atoms with Crippen molar-refractivity contribution in [1.29, 1.82) is 0 Å². The van der Waals surface area contributed by atoms with E-state index in [1.807, 2.05) is 54.6 Å². The first-order valence-corrected chi connectivity index (χ1v) is 12.3. The fraction of sp³-hybridized carbons (Fsp3) is 0.292. The smallest absolute Gasteiger partial charge is 0.305 e. The van der Waals surface area contributed by atoms with Gasteiger partial charge in [0.15, 0.2) is 0 Å². The normalized spacial score (nSPS) is 14.8. The van der Waals surface area contributed by atoms with E-state index in [0.29, 0.717) is 28.8 Å². The van der Waals surface area contributed by atoms with E-state index in [2.05, 4.69) is 20.7 Å². The Kier molecular flexibility index (Phi) is 9.32. The van der Waals surface area contributed by atoms with E-state index < -0.39 is 0 Å². The van der Waals surface area contributed by atoms with Gasteiger partial charge in [-0.05, 0) is 54.3 Å². The molecular formula is C24H24BrNO4S2. The topological polar surface area (TPSA) is 55.8 Å². The Labute approximate surface area is 206 Å². The summed E-state index contributed by atoms with van der Waals surface area (Å²) in [5.41, 5.74) is 2.01. The number of amides is 1. The highest BCUT2D eigenvalue weighted by molar-refractivity contribution is 9.10. The fourth-order valence-corrected chi connectivity index (χ4v) is 4.64. The quantitative estimate of drug-likeness (QED) is 0.162. The summed E-state index contributed by atoms with van der Waals surface area (Å²) in [6, 6.07) is 15.6. The van der Waals surface area contributed by atoms with Crippen molar-refractivity contribution in [3.05, 3.63) is 69.0 Å². The van der Waals surface area contributed by atoms with Crippen LogP contribution in [0.1, 0.15) is 36.8 Å². The van der Waals surface area contributed by atoms with Gasteiger partial charge in [0, 0.05) is 17.4 Å². The van der Waals surface area contributed by atoms with Crippen molar-refractivity contribution in [1.82, 2.24) is 4.90 Å². The number of hydrogen-bond acceptors (Lipinski definition) is 6. The number of benzene rings is 2. The van der Waals surface area contributed by atoms with Crippen molar-refractivity contribution in [3.63, 3.8) is 0 Å². The van der Waals surface area contributed by atoms with Gasteiger partial charge in [-0.1, -0.05) is 70.6 Å². The number of halogens is 1. The van der Waals surface area contributed by atoms with Crippen LogP contribution in [0.3, 0.4) is 0 Å². The highest BCUT2D eigenvalue weighted by atomic mass is 79.9. The molecule has 0 unspecified atom stereocenters. The molecule has 1 saturated heterocycles. The summed E-state index contributed by atoms with van der Waals surface area (Å²) in [4.78, 5) is 26.2. The lowest BCUT2D eigenvalue weighted by atomic mass is 10.2. The SMILES string of the molecule is COC(=O)CCCCCN1C(=O)/C(=C\c2ccc(OCc3ccc(Br)cc3)cc2)SC1=S. The number of esters is 1. The molecule has 2 aromatic rings. The molecule has 0 aromatic heterocycles. The summed E-state index contributed by atoms with van der Waals surface area (Å²) in [6.07, 6.45) is 4.63. The van der Waals surface area contributed by atoms with Crippen LogP contribution in [0, 0.1) is 0 Å². The molecule has 5 nitrogen and oxygen atoms in total. The second kappa shape index (κ2) is 12.2. The second-order valence-corrected chi connectivity index (χ2v) is 9.80. The van der Waals surface area contributed by atoms with Crippen LogP contribution in [0.4, 0.5) is 0 Å². The van der Waals surface area contributed by atoms with E-state index in [1.165, 1.54) is 18.9 Å². The first kappa shape index (κ1) is 24.5. The Balaban J connectivity index is 1.50. The lowest BCUT2D eigenvalue weighted by molar-refractivity contribution is -0.140. The maximum absolute atomic E-state index is 12.7. The minimum atomic E-state index is -0.205. The molecule has 0 spiro atoms. The summed E-state index contributed by atoms with van der Waals surface area (Å²) >= 11 is 10.1. The maximum atomic E-state index is 12.7. The van der Waals surface area contributed by atoms with Crippen LogP contribution in [-0.2, 0) is 20.9 Å². The van der Waals surface area contributed by atoms with Crippen LogP contribution in [-0.4, -0.2) is 34.8 Å². The largest absolute Gasteiger partial charge is 0.489 e. The molecule has 1 aliphatic rings. The molecule has 2 aromatic carbocycles. The zero-order chi connectivity index (χ0) is 22.9. The minimum absolute atomic E-state index is 0.0662. The summed E-state index contributed by atoms with van der Waals surface area (Å²) < 4.78 is 12.1. The third-order valence-corrected chi connectivity index (χ3v) is 6.77. The third kappa shape index (κ3) is 7.18. The molecule has 3 rings (SSSR count). The van der Waals surface area contributed by atoms with Crippen LogP contribution in [0.2, 0.25) is 0 Å². The maximum Gasteiger partial charge on any atom is 0.305 e. The Morgan fingerprint density at radius 3 is 2.50 bits per heavy atom. The molecule has 8 heteroatoms. The average molecular weight is 534 g/mol. The van der Waals surface area contributed by atoms with Crippen LogP contribution in [0.5, 0.6) is 5.75 Å². The number of nitrogens with zero attached hydrogens (tertiary/aromatic N) is 1. The second-order valence-electron chi connectivity index (χ2n) is 7.20.